The lowest BCUT2D eigenvalue weighted by atomic mass is 10.1. The van der Waals surface area contributed by atoms with Gasteiger partial charge in [0.2, 0.25) is 0 Å². The molecule has 2 N–H and O–H groups in total. The first-order valence-corrected chi connectivity index (χ1v) is 9.77. The zero-order valence-corrected chi connectivity index (χ0v) is 16.2. The Morgan fingerprint density at radius 2 is 1.65 bits per heavy atom. The Labute approximate surface area is 175 Å². The summed E-state index contributed by atoms with van der Waals surface area (Å²) in [6.45, 7) is 0. The van der Waals surface area contributed by atoms with Crippen molar-refractivity contribution in [2.75, 3.05) is 0 Å². The summed E-state index contributed by atoms with van der Waals surface area (Å²) in [6.07, 6.45) is 3.41. The number of pyridine rings is 3. The maximum absolute atomic E-state index is 14.4. The van der Waals surface area contributed by atoms with Crippen LogP contribution in [0, 0.1) is 5.82 Å². The Balaban J connectivity index is 1.53. The SMILES string of the molecule is Fc1ccccc1-c1nccc2[nH]c(-c3n[nH]c4ccc(-c5ccccn5)nc34)cc12. The maximum Gasteiger partial charge on any atom is 0.135 e. The predicted molar refractivity (Wildman–Crippen MR) is 118 cm³/mol. The molecule has 0 aliphatic rings. The van der Waals surface area contributed by atoms with Gasteiger partial charge in [0.15, 0.2) is 0 Å². The fraction of sp³-hybridized carbons (Fsp3) is 0. The summed E-state index contributed by atoms with van der Waals surface area (Å²) < 4.78 is 14.4. The molecule has 148 valence electrons. The summed E-state index contributed by atoms with van der Waals surface area (Å²) in [4.78, 5) is 17.0. The summed E-state index contributed by atoms with van der Waals surface area (Å²) in [7, 11) is 0. The molecule has 6 nitrogen and oxygen atoms in total. The highest BCUT2D eigenvalue weighted by molar-refractivity contribution is 5.99. The molecule has 0 amide bonds. The Kier molecular flexibility index (Phi) is 3.86. The second-order valence-electron chi connectivity index (χ2n) is 7.16. The topological polar surface area (TPSA) is 83.1 Å². The van der Waals surface area contributed by atoms with Gasteiger partial charge in [-0.25, -0.2) is 9.37 Å². The number of hydrogen-bond acceptors (Lipinski definition) is 4. The second kappa shape index (κ2) is 6.84. The molecule has 5 aromatic heterocycles. The van der Waals surface area contributed by atoms with Gasteiger partial charge in [-0.2, -0.15) is 5.10 Å². The van der Waals surface area contributed by atoms with Crippen molar-refractivity contribution in [2.45, 2.75) is 0 Å². The molecule has 0 saturated carbocycles. The third kappa shape index (κ3) is 2.86. The van der Waals surface area contributed by atoms with Crippen LogP contribution >= 0.6 is 0 Å². The van der Waals surface area contributed by atoms with Gasteiger partial charge in [-0.3, -0.25) is 15.1 Å². The number of aromatic amines is 2. The summed E-state index contributed by atoms with van der Waals surface area (Å²) in [6, 6.07) is 20.0. The van der Waals surface area contributed by atoms with Crippen molar-refractivity contribution in [3.05, 3.63) is 84.9 Å². The van der Waals surface area contributed by atoms with Crippen molar-refractivity contribution >= 4 is 21.9 Å². The molecule has 1 aromatic carbocycles. The van der Waals surface area contributed by atoms with Gasteiger partial charge >= 0.3 is 0 Å². The first-order valence-electron chi connectivity index (χ1n) is 9.77. The number of hydrogen-bond donors (Lipinski definition) is 2. The molecule has 0 saturated heterocycles. The molecule has 0 aliphatic heterocycles. The summed E-state index contributed by atoms with van der Waals surface area (Å²) in [5.41, 5.74) is 6.46. The van der Waals surface area contributed by atoms with Crippen LogP contribution in [0.25, 0.3) is 56.0 Å². The first kappa shape index (κ1) is 17.5. The molecule has 7 heteroatoms. The fourth-order valence-electron chi connectivity index (χ4n) is 3.79. The normalized spacial score (nSPS) is 11.4. The number of fused-ring (bicyclic) bond motifs is 2. The van der Waals surface area contributed by atoms with Gasteiger partial charge in [0.25, 0.3) is 0 Å². The Morgan fingerprint density at radius 1 is 0.742 bits per heavy atom. The number of rotatable bonds is 3. The van der Waals surface area contributed by atoms with E-state index in [0.717, 1.165) is 39.0 Å². The lowest BCUT2D eigenvalue weighted by Crippen LogP contribution is -1.87. The Bertz CT molecular complexity index is 1550. The number of halogens is 1. The minimum Gasteiger partial charge on any atom is -0.353 e. The molecule has 0 fully saturated rings. The van der Waals surface area contributed by atoms with Gasteiger partial charge in [-0.1, -0.05) is 18.2 Å². The molecular weight excluding hydrogens is 391 g/mol. The minimum atomic E-state index is -0.308. The van der Waals surface area contributed by atoms with Crippen molar-refractivity contribution in [1.29, 1.82) is 0 Å². The standard InChI is InChI=1S/C24H15FN6/c25-16-6-2-1-5-14(16)22-15-13-21(28-17(15)10-12-27-22)24-23-20(30-31-24)9-8-19(29-23)18-7-3-4-11-26-18/h1-13,28H,(H,30,31). The van der Waals surface area contributed by atoms with Crippen LogP contribution in [0.15, 0.2) is 79.1 Å². The Hall–Kier alpha value is -4.39. The van der Waals surface area contributed by atoms with E-state index in [1.165, 1.54) is 6.07 Å². The van der Waals surface area contributed by atoms with Crippen LogP contribution in [0.2, 0.25) is 0 Å². The summed E-state index contributed by atoms with van der Waals surface area (Å²) in [5, 5.41) is 8.34. The lowest BCUT2D eigenvalue weighted by molar-refractivity contribution is 0.631. The van der Waals surface area contributed by atoms with Crippen LogP contribution in [-0.2, 0) is 0 Å². The quantitative estimate of drug-likeness (QED) is 0.414. The third-order valence-electron chi connectivity index (χ3n) is 5.27. The maximum atomic E-state index is 14.4. The van der Waals surface area contributed by atoms with Crippen LogP contribution in [0.5, 0.6) is 0 Å². The van der Waals surface area contributed by atoms with Gasteiger partial charge < -0.3 is 4.98 Å². The number of nitrogens with one attached hydrogen (secondary N) is 2. The van der Waals surface area contributed by atoms with Gasteiger partial charge in [0.1, 0.15) is 17.0 Å². The van der Waals surface area contributed by atoms with E-state index in [1.807, 2.05) is 42.5 Å². The smallest absolute Gasteiger partial charge is 0.135 e. The van der Waals surface area contributed by atoms with Crippen molar-refractivity contribution in [3.8, 4) is 34.0 Å². The highest BCUT2D eigenvalue weighted by atomic mass is 19.1. The van der Waals surface area contributed by atoms with Gasteiger partial charge in [-0.05, 0) is 48.5 Å². The van der Waals surface area contributed by atoms with E-state index in [9.17, 15) is 4.39 Å². The van der Waals surface area contributed by atoms with Gasteiger partial charge in [-0.15, -0.1) is 0 Å². The van der Waals surface area contributed by atoms with E-state index in [0.29, 0.717) is 17.0 Å². The van der Waals surface area contributed by atoms with Crippen LogP contribution < -0.4 is 0 Å². The monoisotopic (exact) mass is 406 g/mol. The minimum absolute atomic E-state index is 0.308. The molecule has 0 unspecified atom stereocenters. The van der Waals surface area contributed by atoms with E-state index in [4.69, 9.17) is 4.98 Å². The van der Waals surface area contributed by atoms with Crippen LogP contribution in [0.3, 0.4) is 0 Å². The third-order valence-corrected chi connectivity index (χ3v) is 5.27. The van der Waals surface area contributed by atoms with Crippen LogP contribution in [-0.4, -0.2) is 30.1 Å². The van der Waals surface area contributed by atoms with Crippen molar-refractivity contribution < 1.29 is 4.39 Å². The molecule has 0 radical (unpaired) electrons. The van der Waals surface area contributed by atoms with Crippen molar-refractivity contribution in [3.63, 3.8) is 0 Å². The van der Waals surface area contributed by atoms with Gasteiger partial charge in [0, 0.05) is 28.9 Å². The highest BCUT2D eigenvalue weighted by Gasteiger charge is 2.17. The molecule has 5 heterocycles. The highest BCUT2D eigenvalue weighted by Crippen LogP contribution is 2.33. The van der Waals surface area contributed by atoms with Crippen LogP contribution in [0.1, 0.15) is 0 Å². The number of benzene rings is 1. The average Bonchev–Trinajstić information content (AvgIpc) is 3.43. The van der Waals surface area contributed by atoms with E-state index >= 15 is 0 Å². The van der Waals surface area contributed by atoms with Gasteiger partial charge in [0.05, 0.1) is 28.3 Å². The molecule has 0 atom stereocenters. The van der Waals surface area contributed by atoms with E-state index in [-0.39, 0.29) is 5.82 Å². The van der Waals surface area contributed by atoms with E-state index in [1.54, 1.807) is 30.6 Å². The van der Waals surface area contributed by atoms with Crippen molar-refractivity contribution in [2.24, 2.45) is 0 Å². The molecular formula is C24H15FN6. The largest absolute Gasteiger partial charge is 0.353 e. The van der Waals surface area contributed by atoms with Crippen LogP contribution in [0.4, 0.5) is 4.39 Å². The van der Waals surface area contributed by atoms with E-state index in [2.05, 4.69) is 25.1 Å². The average molecular weight is 406 g/mol. The van der Waals surface area contributed by atoms with E-state index < -0.39 is 0 Å². The zero-order valence-electron chi connectivity index (χ0n) is 16.2. The van der Waals surface area contributed by atoms with Crippen molar-refractivity contribution in [1.82, 2.24) is 30.1 Å². The molecule has 0 spiro atoms. The first-order chi connectivity index (χ1) is 15.3. The molecule has 0 aliphatic carbocycles. The Morgan fingerprint density at radius 3 is 2.52 bits per heavy atom. The molecule has 6 rings (SSSR count). The zero-order chi connectivity index (χ0) is 20.8. The lowest BCUT2D eigenvalue weighted by Gasteiger charge is -2.03. The summed E-state index contributed by atoms with van der Waals surface area (Å²) in [5.74, 6) is -0.308. The predicted octanol–water partition coefficient (Wildman–Crippen LogP) is 5.37. The number of nitrogens with zero attached hydrogens (tertiary/aromatic N) is 4. The summed E-state index contributed by atoms with van der Waals surface area (Å²) >= 11 is 0. The molecule has 0 bridgehead atoms. The molecule has 6 aromatic rings. The number of aromatic nitrogens is 6. The number of H-pyrrole nitrogens is 2. The second-order valence-corrected chi connectivity index (χ2v) is 7.16. The molecule has 31 heavy (non-hydrogen) atoms. The fourth-order valence-corrected chi connectivity index (χ4v) is 3.79.